The molecule has 0 fully saturated rings. The van der Waals surface area contributed by atoms with E-state index in [1.54, 1.807) is 0 Å². The molecule has 0 unspecified atom stereocenters. The van der Waals surface area contributed by atoms with Crippen molar-refractivity contribution < 1.29 is 4.79 Å². The predicted molar refractivity (Wildman–Crippen MR) is 92.5 cm³/mol. The van der Waals surface area contributed by atoms with Gasteiger partial charge in [-0.1, -0.05) is 48.9 Å². The van der Waals surface area contributed by atoms with E-state index in [1.807, 2.05) is 26.0 Å². The maximum Gasteiger partial charge on any atom is 0.319 e. The summed E-state index contributed by atoms with van der Waals surface area (Å²) in [5.41, 5.74) is 5.70. The van der Waals surface area contributed by atoms with Crippen LogP contribution in [0.3, 0.4) is 0 Å². The van der Waals surface area contributed by atoms with Gasteiger partial charge in [0.1, 0.15) is 0 Å². The van der Waals surface area contributed by atoms with Crippen LogP contribution in [-0.4, -0.2) is 12.6 Å². The number of carbonyl (C=O) groups excluding carboxylic acids is 1. The first-order valence-electron chi connectivity index (χ1n) is 7.78. The minimum absolute atomic E-state index is 0.155. The van der Waals surface area contributed by atoms with Gasteiger partial charge in [0.2, 0.25) is 0 Å². The Morgan fingerprint density at radius 1 is 1.00 bits per heavy atom. The van der Waals surface area contributed by atoms with Crippen molar-refractivity contribution in [2.75, 3.05) is 11.9 Å². The normalized spacial score (nSPS) is 10.3. The summed E-state index contributed by atoms with van der Waals surface area (Å²) >= 11 is 0. The molecule has 2 aromatic carbocycles. The minimum Gasteiger partial charge on any atom is -0.338 e. The van der Waals surface area contributed by atoms with Gasteiger partial charge in [0.25, 0.3) is 0 Å². The molecule has 0 radical (unpaired) electrons. The average molecular weight is 296 g/mol. The van der Waals surface area contributed by atoms with E-state index in [2.05, 4.69) is 47.9 Å². The van der Waals surface area contributed by atoms with Crippen LogP contribution in [0.2, 0.25) is 0 Å². The minimum atomic E-state index is -0.155. The van der Waals surface area contributed by atoms with Crippen LogP contribution in [0.15, 0.2) is 42.5 Å². The van der Waals surface area contributed by atoms with E-state index in [1.165, 1.54) is 16.7 Å². The molecule has 2 rings (SSSR count). The summed E-state index contributed by atoms with van der Waals surface area (Å²) in [4.78, 5) is 11.9. The van der Waals surface area contributed by atoms with E-state index in [-0.39, 0.29) is 6.03 Å². The highest BCUT2D eigenvalue weighted by molar-refractivity contribution is 5.90. The van der Waals surface area contributed by atoms with Crippen LogP contribution in [0.1, 0.15) is 29.2 Å². The second-order valence-electron chi connectivity index (χ2n) is 5.62. The van der Waals surface area contributed by atoms with Crippen LogP contribution in [0, 0.1) is 13.8 Å². The van der Waals surface area contributed by atoms with Gasteiger partial charge in [0, 0.05) is 12.2 Å². The largest absolute Gasteiger partial charge is 0.338 e. The Labute approximate surface area is 132 Å². The number of benzene rings is 2. The number of hydrogen-bond donors (Lipinski definition) is 2. The fourth-order valence-electron chi connectivity index (χ4n) is 2.38. The average Bonchev–Trinajstić information content (AvgIpc) is 2.51. The van der Waals surface area contributed by atoms with Gasteiger partial charge in [-0.3, -0.25) is 0 Å². The monoisotopic (exact) mass is 296 g/mol. The number of nitrogens with one attached hydrogen (secondary N) is 2. The SMILES string of the molecule is CCc1ccc(CCNC(=O)Nc2ccc(C)cc2C)cc1. The van der Waals surface area contributed by atoms with Gasteiger partial charge in [-0.15, -0.1) is 0 Å². The van der Waals surface area contributed by atoms with Gasteiger partial charge in [0.05, 0.1) is 0 Å². The summed E-state index contributed by atoms with van der Waals surface area (Å²) in [6, 6.07) is 14.4. The maximum absolute atomic E-state index is 11.9. The summed E-state index contributed by atoms with van der Waals surface area (Å²) < 4.78 is 0. The maximum atomic E-state index is 11.9. The van der Waals surface area contributed by atoms with E-state index in [0.717, 1.165) is 24.1 Å². The zero-order valence-corrected chi connectivity index (χ0v) is 13.6. The molecular formula is C19H24N2O. The van der Waals surface area contributed by atoms with E-state index in [9.17, 15) is 4.79 Å². The lowest BCUT2D eigenvalue weighted by atomic mass is 10.1. The first-order chi connectivity index (χ1) is 10.6. The highest BCUT2D eigenvalue weighted by atomic mass is 16.2. The molecule has 3 nitrogen and oxygen atoms in total. The van der Waals surface area contributed by atoms with E-state index >= 15 is 0 Å². The van der Waals surface area contributed by atoms with Crippen LogP contribution in [0.4, 0.5) is 10.5 Å². The van der Waals surface area contributed by atoms with Gasteiger partial charge >= 0.3 is 6.03 Å². The van der Waals surface area contributed by atoms with Crippen LogP contribution in [0.5, 0.6) is 0 Å². The van der Waals surface area contributed by atoms with Crippen molar-refractivity contribution >= 4 is 11.7 Å². The number of anilines is 1. The van der Waals surface area contributed by atoms with Crippen molar-refractivity contribution in [3.8, 4) is 0 Å². The Balaban J connectivity index is 1.79. The molecule has 0 atom stereocenters. The quantitative estimate of drug-likeness (QED) is 0.851. The Morgan fingerprint density at radius 3 is 2.32 bits per heavy atom. The standard InChI is InChI=1S/C19H24N2O/c1-4-16-6-8-17(9-7-16)11-12-20-19(22)21-18-10-5-14(2)13-15(18)3/h5-10,13H,4,11-12H2,1-3H3,(H2,20,21,22). The van der Waals surface area contributed by atoms with Gasteiger partial charge in [0.15, 0.2) is 0 Å². The summed E-state index contributed by atoms with van der Waals surface area (Å²) in [6.45, 7) is 6.81. The molecule has 0 saturated carbocycles. The third-order valence-corrected chi connectivity index (χ3v) is 3.76. The summed E-state index contributed by atoms with van der Waals surface area (Å²) in [5.74, 6) is 0. The van der Waals surface area contributed by atoms with Gasteiger partial charge < -0.3 is 10.6 Å². The number of aryl methyl sites for hydroxylation is 3. The molecule has 0 spiro atoms. The molecule has 116 valence electrons. The number of rotatable bonds is 5. The fraction of sp³-hybridized carbons (Fsp3) is 0.316. The van der Waals surface area contributed by atoms with Crippen molar-refractivity contribution in [1.29, 1.82) is 0 Å². The molecule has 0 aliphatic rings. The molecule has 0 aliphatic heterocycles. The molecule has 0 bridgehead atoms. The summed E-state index contributed by atoms with van der Waals surface area (Å²) in [7, 11) is 0. The lowest BCUT2D eigenvalue weighted by Crippen LogP contribution is -2.30. The molecule has 2 amide bonds. The molecule has 2 N–H and O–H groups in total. The van der Waals surface area contributed by atoms with Crippen molar-refractivity contribution in [1.82, 2.24) is 5.32 Å². The number of carbonyl (C=O) groups is 1. The molecule has 0 saturated heterocycles. The highest BCUT2D eigenvalue weighted by Crippen LogP contribution is 2.15. The Morgan fingerprint density at radius 2 is 1.68 bits per heavy atom. The molecule has 0 aromatic heterocycles. The molecular weight excluding hydrogens is 272 g/mol. The smallest absolute Gasteiger partial charge is 0.319 e. The van der Waals surface area contributed by atoms with E-state index in [4.69, 9.17) is 0 Å². The van der Waals surface area contributed by atoms with Crippen LogP contribution < -0.4 is 10.6 Å². The zero-order valence-electron chi connectivity index (χ0n) is 13.6. The van der Waals surface area contributed by atoms with E-state index < -0.39 is 0 Å². The van der Waals surface area contributed by atoms with Crippen molar-refractivity contribution in [2.24, 2.45) is 0 Å². The first-order valence-corrected chi connectivity index (χ1v) is 7.78. The van der Waals surface area contributed by atoms with Crippen molar-refractivity contribution in [2.45, 2.75) is 33.6 Å². The third kappa shape index (κ3) is 4.62. The van der Waals surface area contributed by atoms with Gasteiger partial charge in [-0.2, -0.15) is 0 Å². The lowest BCUT2D eigenvalue weighted by Gasteiger charge is -2.10. The Bertz CT molecular complexity index is 632. The molecule has 3 heteroatoms. The molecule has 2 aromatic rings. The molecule has 22 heavy (non-hydrogen) atoms. The van der Waals surface area contributed by atoms with E-state index in [0.29, 0.717) is 6.54 Å². The van der Waals surface area contributed by atoms with Gasteiger partial charge in [-0.05, 0) is 49.4 Å². The highest BCUT2D eigenvalue weighted by Gasteiger charge is 2.04. The number of hydrogen-bond acceptors (Lipinski definition) is 1. The van der Waals surface area contributed by atoms with Crippen LogP contribution >= 0.6 is 0 Å². The summed E-state index contributed by atoms with van der Waals surface area (Å²) in [5, 5.41) is 5.79. The number of amides is 2. The molecule has 0 heterocycles. The second-order valence-corrected chi connectivity index (χ2v) is 5.62. The Kier molecular flexibility index (Phi) is 5.59. The van der Waals surface area contributed by atoms with Crippen molar-refractivity contribution in [3.05, 3.63) is 64.7 Å². The van der Waals surface area contributed by atoms with Gasteiger partial charge in [-0.25, -0.2) is 4.79 Å². The number of urea groups is 1. The molecule has 0 aliphatic carbocycles. The zero-order chi connectivity index (χ0) is 15.9. The van der Waals surface area contributed by atoms with Crippen LogP contribution in [-0.2, 0) is 12.8 Å². The summed E-state index contributed by atoms with van der Waals surface area (Å²) in [6.07, 6.45) is 1.89. The van der Waals surface area contributed by atoms with Crippen molar-refractivity contribution in [3.63, 3.8) is 0 Å². The Hall–Kier alpha value is -2.29. The van der Waals surface area contributed by atoms with Crippen LogP contribution in [0.25, 0.3) is 0 Å². The fourth-order valence-corrected chi connectivity index (χ4v) is 2.38. The first kappa shape index (κ1) is 16.1. The topological polar surface area (TPSA) is 41.1 Å². The second kappa shape index (κ2) is 7.64. The predicted octanol–water partition coefficient (Wildman–Crippen LogP) is 4.23. The third-order valence-electron chi connectivity index (χ3n) is 3.76. The lowest BCUT2D eigenvalue weighted by molar-refractivity contribution is 0.252.